The highest BCUT2D eigenvalue weighted by Gasteiger charge is 2.26. The van der Waals surface area contributed by atoms with Gasteiger partial charge in [0.1, 0.15) is 18.2 Å². The fourth-order valence-corrected chi connectivity index (χ4v) is 2.45. The van der Waals surface area contributed by atoms with Crippen LogP contribution in [0.4, 0.5) is 13.6 Å². The van der Waals surface area contributed by atoms with Gasteiger partial charge in [0.2, 0.25) is 0 Å². The van der Waals surface area contributed by atoms with E-state index in [1.165, 1.54) is 0 Å². The summed E-state index contributed by atoms with van der Waals surface area (Å²) < 4.78 is 32.5. The van der Waals surface area contributed by atoms with Gasteiger partial charge in [-0.1, -0.05) is 41.9 Å². The van der Waals surface area contributed by atoms with Crippen molar-refractivity contribution < 1.29 is 28.2 Å². The summed E-state index contributed by atoms with van der Waals surface area (Å²) in [7, 11) is 0. The molecule has 2 rings (SSSR count). The molecule has 8 heteroatoms. The molecule has 0 aliphatic heterocycles. The summed E-state index contributed by atoms with van der Waals surface area (Å²) in [6, 6.07) is 8.99. The van der Waals surface area contributed by atoms with Crippen LogP contribution in [0.1, 0.15) is 23.6 Å². The molecule has 132 valence electrons. The number of carbonyl (C=O) groups excluding carboxylic acids is 1. The summed E-state index contributed by atoms with van der Waals surface area (Å²) in [5, 5.41) is 10.6. The van der Waals surface area contributed by atoms with Crippen molar-refractivity contribution in [3.63, 3.8) is 0 Å². The lowest BCUT2D eigenvalue weighted by Crippen LogP contribution is -2.31. The molecule has 1 amide bonds. The first kappa shape index (κ1) is 18.7. The average Bonchev–Trinajstić information content (AvgIpc) is 2.57. The molecule has 2 aromatic carbocycles. The quantitative estimate of drug-likeness (QED) is 0.753. The second kappa shape index (κ2) is 8.43. The van der Waals surface area contributed by atoms with E-state index in [0.717, 1.165) is 12.1 Å². The third-order valence-electron chi connectivity index (χ3n) is 3.31. The number of carboxylic acids is 1. The van der Waals surface area contributed by atoms with Gasteiger partial charge in [-0.25, -0.2) is 13.6 Å². The fourth-order valence-electron chi connectivity index (χ4n) is 2.17. The molecule has 0 aliphatic carbocycles. The van der Waals surface area contributed by atoms with E-state index in [-0.39, 0.29) is 6.61 Å². The summed E-state index contributed by atoms with van der Waals surface area (Å²) in [6.07, 6.45) is -1.67. The van der Waals surface area contributed by atoms with Crippen molar-refractivity contribution in [1.82, 2.24) is 5.32 Å². The van der Waals surface area contributed by atoms with Crippen LogP contribution in [0.5, 0.6) is 0 Å². The van der Waals surface area contributed by atoms with Crippen LogP contribution in [0.2, 0.25) is 5.02 Å². The Morgan fingerprint density at radius 1 is 1.12 bits per heavy atom. The summed E-state index contributed by atoms with van der Waals surface area (Å²) in [5.41, 5.74) is 0.267. The Kier molecular flexibility index (Phi) is 6.30. The van der Waals surface area contributed by atoms with Crippen LogP contribution in [0.3, 0.4) is 0 Å². The predicted octanol–water partition coefficient (Wildman–Crippen LogP) is 4.06. The maximum Gasteiger partial charge on any atom is 0.407 e. The number of rotatable bonds is 6. The molecule has 0 aromatic heterocycles. The van der Waals surface area contributed by atoms with Gasteiger partial charge in [-0.05, 0) is 17.7 Å². The second-order valence-corrected chi connectivity index (χ2v) is 5.49. The Morgan fingerprint density at radius 3 is 2.40 bits per heavy atom. The van der Waals surface area contributed by atoms with Gasteiger partial charge in [-0.3, -0.25) is 4.79 Å². The van der Waals surface area contributed by atoms with E-state index in [4.69, 9.17) is 21.4 Å². The zero-order valence-corrected chi connectivity index (χ0v) is 13.6. The number of carbonyl (C=O) groups is 2. The lowest BCUT2D eigenvalue weighted by atomic mass is 10.0. The van der Waals surface area contributed by atoms with Crippen LogP contribution in [-0.2, 0) is 16.1 Å². The maximum absolute atomic E-state index is 14.0. The summed E-state index contributed by atoms with van der Waals surface area (Å²) >= 11 is 5.73. The minimum Gasteiger partial charge on any atom is -0.481 e. The molecule has 0 saturated heterocycles. The monoisotopic (exact) mass is 369 g/mol. The van der Waals surface area contributed by atoms with Crippen molar-refractivity contribution in [3.05, 3.63) is 70.2 Å². The summed E-state index contributed by atoms with van der Waals surface area (Å²) in [4.78, 5) is 22.9. The lowest BCUT2D eigenvalue weighted by Gasteiger charge is -2.19. The minimum atomic E-state index is -1.39. The normalized spacial score (nSPS) is 11.6. The molecule has 0 spiro atoms. The van der Waals surface area contributed by atoms with E-state index in [9.17, 15) is 18.4 Å². The number of halogens is 3. The van der Waals surface area contributed by atoms with Crippen molar-refractivity contribution in [3.8, 4) is 0 Å². The van der Waals surface area contributed by atoms with Crippen LogP contribution in [-0.4, -0.2) is 17.2 Å². The molecule has 0 unspecified atom stereocenters. The maximum atomic E-state index is 14.0. The first-order valence-corrected chi connectivity index (χ1v) is 7.58. The largest absolute Gasteiger partial charge is 0.481 e. The highest BCUT2D eigenvalue weighted by molar-refractivity contribution is 6.31. The zero-order chi connectivity index (χ0) is 18.4. The van der Waals surface area contributed by atoms with Crippen molar-refractivity contribution >= 4 is 23.7 Å². The van der Waals surface area contributed by atoms with Crippen molar-refractivity contribution in [2.45, 2.75) is 19.1 Å². The number of amides is 1. The summed E-state index contributed by atoms with van der Waals surface area (Å²) in [5.74, 6) is -3.18. The second-order valence-electron chi connectivity index (χ2n) is 5.11. The van der Waals surface area contributed by atoms with Gasteiger partial charge in [0.25, 0.3) is 0 Å². The van der Waals surface area contributed by atoms with Crippen molar-refractivity contribution in [2.75, 3.05) is 0 Å². The molecule has 1 atom stereocenters. The molecule has 0 saturated carbocycles. The van der Waals surface area contributed by atoms with Gasteiger partial charge >= 0.3 is 12.1 Å². The number of alkyl carbamates (subject to hydrolysis) is 1. The van der Waals surface area contributed by atoms with E-state index in [1.807, 2.05) is 0 Å². The van der Waals surface area contributed by atoms with Crippen LogP contribution >= 0.6 is 11.6 Å². The van der Waals surface area contributed by atoms with Crippen LogP contribution < -0.4 is 5.32 Å². The Labute approximate surface area is 147 Å². The third-order valence-corrected chi connectivity index (χ3v) is 3.70. The van der Waals surface area contributed by atoms with Crippen LogP contribution in [0, 0.1) is 11.6 Å². The van der Waals surface area contributed by atoms with Crippen molar-refractivity contribution in [2.24, 2.45) is 0 Å². The minimum absolute atomic E-state index is 0.0637. The highest BCUT2D eigenvalue weighted by Crippen LogP contribution is 2.30. The average molecular weight is 370 g/mol. The van der Waals surface area contributed by atoms with Crippen LogP contribution in [0.25, 0.3) is 0 Å². The van der Waals surface area contributed by atoms with E-state index < -0.39 is 46.7 Å². The fraction of sp³-hybridized carbons (Fsp3) is 0.176. The highest BCUT2D eigenvalue weighted by atomic mass is 35.5. The van der Waals surface area contributed by atoms with E-state index in [0.29, 0.717) is 5.56 Å². The Balaban J connectivity index is 2.14. The van der Waals surface area contributed by atoms with Gasteiger partial charge in [0.05, 0.1) is 17.5 Å². The van der Waals surface area contributed by atoms with Gasteiger partial charge in [0, 0.05) is 5.56 Å². The first-order valence-electron chi connectivity index (χ1n) is 7.21. The van der Waals surface area contributed by atoms with Gasteiger partial charge in [0.15, 0.2) is 0 Å². The van der Waals surface area contributed by atoms with Crippen LogP contribution in [0.15, 0.2) is 42.5 Å². The Morgan fingerprint density at radius 2 is 1.76 bits per heavy atom. The molecular formula is C17H14ClF2NO4. The number of carboxylic acid groups (broad SMARTS) is 1. The molecule has 25 heavy (non-hydrogen) atoms. The Bertz CT molecular complexity index is 771. The SMILES string of the molecule is O=C(O)C[C@H](NC(=O)OCc1ccccc1)c1c(F)ccc(F)c1Cl. The molecule has 0 fully saturated rings. The number of hydrogen-bond donors (Lipinski definition) is 2. The number of ether oxygens (including phenoxy) is 1. The van der Waals surface area contributed by atoms with E-state index in [2.05, 4.69) is 5.32 Å². The molecule has 0 heterocycles. The number of benzene rings is 2. The van der Waals surface area contributed by atoms with E-state index in [1.54, 1.807) is 30.3 Å². The van der Waals surface area contributed by atoms with Crippen molar-refractivity contribution in [1.29, 1.82) is 0 Å². The smallest absolute Gasteiger partial charge is 0.407 e. The number of nitrogens with one attached hydrogen (secondary N) is 1. The van der Waals surface area contributed by atoms with Gasteiger partial charge < -0.3 is 15.2 Å². The summed E-state index contributed by atoms with van der Waals surface area (Å²) in [6.45, 7) is -0.0637. The first-order chi connectivity index (χ1) is 11.9. The van der Waals surface area contributed by atoms with Gasteiger partial charge in [-0.15, -0.1) is 0 Å². The molecule has 5 nitrogen and oxygen atoms in total. The number of aliphatic carboxylic acids is 1. The molecule has 2 aromatic rings. The lowest BCUT2D eigenvalue weighted by molar-refractivity contribution is -0.137. The zero-order valence-electron chi connectivity index (χ0n) is 12.8. The topological polar surface area (TPSA) is 75.6 Å². The predicted molar refractivity (Wildman–Crippen MR) is 86.1 cm³/mol. The molecule has 0 bridgehead atoms. The Hall–Kier alpha value is -2.67. The number of hydrogen-bond acceptors (Lipinski definition) is 3. The molecule has 0 aliphatic rings. The molecular weight excluding hydrogens is 356 g/mol. The molecule has 2 N–H and O–H groups in total. The standard InChI is InChI=1S/C17H14ClF2NO4/c18-16-12(20)7-6-11(19)15(16)13(8-14(22)23)21-17(24)25-9-10-4-2-1-3-5-10/h1-7,13H,8-9H2,(H,21,24)(H,22,23)/t13-/m0/s1. The van der Waals surface area contributed by atoms with Gasteiger partial charge in [-0.2, -0.15) is 0 Å². The van der Waals surface area contributed by atoms with E-state index >= 15 is 0 Å². The molecule has 0 radical (unpaired) electrons. The third kappa shape index (κ3) is 5.15.